The zero-order valence-electron chi connectivity index (χ0n) is 19.9. The second-order valence-corrected chi connectivity index (χ2v) is 10.3. The van der Waals surface area contributed by atoms with Crippen LogP contribution in [0.15, 0.2) is 34.0 Å². The van der Waals surface area contributed by atoms with Crippen LogP contribution in [-0.4, -0.2) is 81.6 Å². The van der Waals surface area contributed by atoms with Gasteiger partial charge in [-0.25, -0.2) is 13.4 Å². The summed E-state index contributed by atoms with van der Waals surface area (Å²) in [7, 11) is 1.06. The van der Waals surface area contributed by atoms with Crippen LogP contribution in [-0.2, 0) is 10.0 Å². The van der Waals surface area contributed by atoms with Crippen molar-refractivity contribution in [2.24, 2.45) is 0 Å². The lowest BCUT2D eigenvalue weighted by atomic mass is 10.1. The van der Waals surface area contributed by atoms with E-state index in [2.05, 4.69) is 14.9 Å². The average Bonchev–Trinajstić information content (AvgIpc) is 2.85. The number of aromatic nitrogens is 2. The Morgan fingerprint density at radius 1 is 1.06 bits per heavy atom. The number of aromatic amines is 1. The van der Waals surface area contributed by atoms with Crippen molar-refractivity contribution in [1.29, 1.82) is 0 Å². The smallest absolute Gasteiger partial charge is 0.262 e. The minimum Gasteiger partial charge on any atom is -0.496 e. The van der Waals surface area contributed by atoms with Crippen LogP contribution in [0.2, 0.25) is 5.02 Å². The first-order valence-electron chi connectivity index (χ1n) is 11.0. The maximum absolute atomic E-state index is 13.4. The summed E-state index contributed by atoms with van der Waals surface area (Å²) in [5.41, 5.74) is -0.0171. The Kier molecular flexibility index (Phi) is 7.22. The molecule has 0 spiro atoms. The summed E-state index contributed by atoms with van der Waals surface area (Å²) in [6.45, 7) is 4.21. The van der Waals surface area contributed by atoms with Gasteiger partial charge in [0, 0.05) is 32.2 Å². The molecule has 0 atom stereocenters. The van der Waals surface area contributed by atoms with Gasteiger partial charge in [0.05, 0.1) is 31.3 Å². The maximum atomic E-state index is 13.4. The molecule has 1 saturated heterocycles. The standard InChI is InChI=1S/C23H27ClN4O6S/c1-5-34-16-7-6-14(35(30,31)28-10-8-27(2)9-11-28)12-15(16)22-25-21-19(23(29)26-22)17(32-3)13-18(33-4)20(21)24/h6-7,12-13H,5,8-11H2,1-4H3,(H,25,26,29). The Hall–Kier alpha value is -2.86. The monoisotopic (exact) mass is 522 g/mol. The first kappa shape index (κ1) is 25.2. The summed E-state index contributed by atoms with van der Waals surface area (Å²) in [6.07, 6.45) is 0. The van der Waals surface area contributed by atoms with Gasteiger partial charge in [-0.3, -0.25) is 4.79 Å². The number of benzene rings is 2. The number of hydrogen-bond acceptors (Lipinski definition) is 8. The molecule has 35 heavy (non-hydrogen) atoms. The Morgan fingerprint density at radius 3 is 2.37 bits per heavy atom. The summed E-state index contributed by atoms with van der Waals surface area (Å²) in [5.74, 6) is 1.02. The fraction of sp³-hybridized carbons (Fsp3) is 0.391. The van der Waals surface area contributed by atoms with E-state index >= 15 is 0 Å². The van der Waals surface area contributed by atoms with Gasteiger partial charge in [-0.05, 0) is 32.2 Å². The quantitative estimate of drug-likeness (QED) is 0.503. The molecule has 188 valence electrons. The number of methoxy groups -OCH3 is 2. The molecule has 4 rings (SSSR count). The number of hydrogen-bond donors (Lipinski definition) is 1. The summed E-state index contributed by atoms with van der Waals surface area (Å²) in [4.78, 5) is 22.5. The van der Waals surface area contributed by atoms with Gasteiger partial charge in [0.25, 0.3) is 5.56 Å². The van der Waals surface area contributed by atoms with Crippen molar-refractivity contribution in [1.82, 2.24) is 19.2 Å². The lowest BCUT2D eigenvalue weighted by molar-refractivity contribution is 0.222. The molecule has 10 nitrogen and oxygen atoms in total. The molecule has 0 amide bonds. The highest BCUT2D eigenvalue weighted by Gasteiger charge is 2.29. The molecule has 1 aromatic heterocycles. The van der Waals surface area contributed by atoms with Gasteiger partial charge >= 0.3 is 0 Å². The number of rotatable bonds is 7. The average molecular weight is 523 g/mol. The highest BCUT2D eigenvalue weighted by Crippen LogP contribution is 2.38. The lowest BCUT2D eigenvalue weighted by Crippen LogP contribution is -2.47. The second-order valence-electron chi connectivity index (χ2n) is 8.03. The van der Waals surface area contributed by atoms with E-state index < -0.39 is 15.6 Å². The van der Waals surface area contributed by atoms with E-state index in [1.807, 2.05) is 14.0 Å². The van der Waals surface area contributed by atoms with Crippen molar-refractivity contribution in [3.8, 4) is 28.6 Å². The van der Waals surface area contributed by atoms with Crippen LogP contribution in [0.5, 0.6) is 17.2 Å². The van der Waals surface area contributed by atoms with Gasteiger partial charge in [0.15, 0.2) is 0 Å². The van der Waals surface area contributed by atoms with Crippen LogP contribution in [0, 0.1) is 0 Å². The van der Waals surface area contributed by atoms with E-state index in [1.165, 1.54) is 36.7 Å². The van der Waals surface area contributed by atoms with Crippen LogP contribution in [0.3, 0.4) is 0 Å². The van der Waals surface area contributed by atoms with E-state index in [0.717, 1.165) is 0 Å². The van der Waals surface area contributed by atoms with Crippen molar-refractivity contribution in [2.45, 2.75) is 11.8 Å². The largest absolute Gasteiger partial charge is 0.496 e. The SMILES string of the molecule is CCOc1ccc(S(=O)(=O)N2CCN(C)CC2)cc1-c1nc2c(Cl)c(OC)cc(OC)c2c(=O)[nH]1. The van der Waals surface area contributed by atoms with Crippen LogP contribution in [0.4, 0.5) is 0 Å². The molecular formula is C23H27ClN4O6S. The molecule has 1 N–H and O–H groups in total. The van der Waals surface area contributed by atoms with E-state index in [0.29, 0.717) is 44.1 Å². The number of H-pyrrole nitrogens is 1. The molecule has 1 fully saturated rings. The summed E-state index contributed by atoms with van der Waals surface area (Å²) >= 11 is 6.49. The van der Waals surface area contributed by atoms with Crippen molar-refractivity contribution in [3.05, 3.63) is 39.6 Å². The lowest BCUT2D eigenvalue weighted by Gasteiger charge is -2.31. The van der Waals surface area contributed by atoms with Gasteiger partial charge in [0.1, 0.15) is 39.0 Å². The minimum absolute atomic E-state index is 0.0811. The number of sulfonamides is 1. The van der Waals surface area contributed by atoms with Gasteiger partial charge in [-0.1, -0.05) is 11.6 Å². The Morgan fingerprint density at radius 2 is 1.74 bits per heavy atom. The molecule has 1 aliphatic heterocycles. The second kappa shape index (κ2) is 10.0. The van der Waals surface area contributed by atoms with Crippen molar-refractivity contribution >= 4 is 32.5 Å². The van der Waals surface area contributed by atoms with Crippen molar-refractivity contribution < 1.29 is 22.6 Å². The van der Waals surface area contributed by atoms with E-state index in [9.17, 15) is 13.2 Å². The molecule has 2 heterocycles. The minimum atomic E-state index is -3.76. The summed E-state index contributed by atoms with van der Waals surface area (Å²) in [6, 6.07) is 6.05. The zero-order chi connectivity index (χ0) is 25.3. The van der Waals surface area contributed by atoms with E-state index in [-0.39, 0.29) is 38.1 Å². The molecule has 0 aliphatic carbocycles. The summed E-state index contributed by atoms with van der Waals surface area (Å²) in [5, 5.41) is 0.288. The van der Waals surface area contributed by atoms with E-state index in [1.54, 1.807) is 6.07 Å². The highest BCUT2D eigenvalue weighted by atomic mass is 35.5. The number of piperazine rings is 1. The third-order valence-electron chi connectivity index (χ3n) is 5.90. The van der Waals surface area contributed by atoms with Crippen LogP contribution < -0.4 is 19.8 Å². The van der Waals surface area contributed by atoms with Gasteiger partial charge in [0.2, 0.25) is 10.0 Å². The molecule has 12 heteroatoms. The molecule has 0 radical (unpaired) electrons. The number of nitrogens with one attached hydrogen (secondary N) is 1. The number of fused-ring (bicyclic) bond motifs is 1. The molecule has 3 aromatic rings. The van der Waals surface area contributed by atoms with Crippen LogP contribution in [0.25, 0.3) is 22.3 Å². The number of likely N-dealkylation sites (N-methyl/N-ethyl adjacent to an activating group) is 1. The molecule has 0 saturated carbocycles. The molecule has 0 unspecified atom stereocenters. The number of nitrogens with zero attached hydrogens (tertiary/aromatic N) is 3. The van der Waals surface area contributed by atoms with Crippen LogP contribution in [0.1, 0.15) is 6.92 Å². The first-order valence-corrected chi connectivity index (χ1v) is 12.8. The number of ether oxygens (including phenoxy) is 3. The first-order chi connectivity index (χ1) is 16.7. The molecule has 1 aliphatic rings. The fourth-order valence-corrected chi connectivity index (χ4v) is 5.70. The fourth-order valence-electron chi connectivity index (χ4n) is 3.98. The predicted molar refractivity (Wildman–Crippen MR) is 133 cm³/mol. The van der Waals surface area contributed by atoms with Crippen LogP contribution >= 0.6 is 11.6 Å². The topological polar surface area (TPSA) is 114 Å². The van der Waals surface area contributed by atoms with Gasteiger partial charge < -0.3 is 24.1 Å². The van der Waals surface area contributed by atoms with E-state index in [4.69, 9.17) is 25.8 Å². The highest BCUT2D eigenvalue weighted by molar-refractivity contribution is 7.89. The Labute approximate surface area is 208 Å². The third-order valence-corrected chi connectivity index (χ3v) is 8.16. The number of halogens is 1. The van der Waals surface area contributed by atoms with Crippen molar-refractivity contribution in [3.63, 3.8) is 0 Å². The third kappa shape index (κ3) is 4.68. The Bertz CT molecular complexity index is 1420. The summed E-state index contributed by atoms with van der Waals surface area (Å²) < 4.78 is 44.6. The Balaban J connectivity index is 1.91. The zero-order valence-corrected chi connectivity index (χ0v) is 21.5. The maximum Gasteiger partial charge on any atom is 0.262 e. The van der Waals surface area contributed by atoms with Gasteiger partial charge in [-0.15, -0.1) is 0 Å². The predicted octanol–water partition coefficient (Wildman–Crippen LogP) is 2.60. The molecule has 0 bridgehead atoms. The molecule has 2 aromatic carbocycles. The molecular weight excluding hydrogens is 496 g/mol. The van der Waals surface area contributed by atoms with Gasteiger partial charge in [-0.2, -0.15) is 4.31 Å². The normalized spacial score (nSPS) is 15.3. The van der Waals surface area contributed by atoms with Crippen molar-refractivity contribution in [2.75, 3.05) is 54.1 Å².